The highest BCUT2D eigenvalue weighted by Crippen LogP contribution is 2.50. The van der Waals surface area contributed by atoms with Crippen LogP contribution >= 0.6 is 0 Å². The number of aldehydes is 1. The summed E-state index contributed by atoms with van der Waals surface area (Å²) in [4.78, 5) is 43.0. The van der Waals surface area contributed by atoms with Crippen molar-refractivity contribution in [3.63, 3.8) is 0 Å². The first kappa shape index (κ1) is 23.8. The molecule has 0 saturated heterocycles. The zero-order chi connectivity index (χ0) is 27.3. The molecule has 5 aliphatic rings. The number of aliphatic hydroxyl groups is 1. The van der Waals surface area contributed by atoms with Gasteiger partial charge in [0.2, 0.25) is 0 Å². The Hall–Kier alpha value is -4.26. The lowest BCUT2D eigenvalue weighted by molar-refractivity contribution is -0.103. The van der Waals surface area contributed by atoms with E-state index in [4.69, 9.17) is 9.97 Å². The van der Waals surface area contributed by atoms with E-state index in [0.29, 0.717) is 28.8 Å². The third-order valence-electron chi connectivity index (χ3n) is 9.25. The summed E-state index contributed by atoms with van der Waals surface area (Å²) in [6.07, 6.45) is 2.85. The number of ketones is 1. The van der Waals surface area contributed by atoms with Gasteiger partial charge in [0.05, 0.1) is 39.4 Å². The minimum Gasteiger partial charge on any atom is -0.512 e. The minimum atomic E-state index is -0.128. The monoisotopic (exact) mass is 518 g/mol. The van der Waals surface area contributed by atoms with Crippen LogP contribution in [0.15, 0.2) is 24.0 Å². The molecular weight excluding hydrogens is 488 g/mol. The van der Waals surface area contributed by atoms with Crippen molar-refractivity contribution in [3.05, 3.63) is 74.8 Å². The second kappa shape index (κ2) is 8.12. The van der Waals surface area contributed by atoms with E-state index >= 15 is 0 Å². The highest BCUT2D eigenvalue weighted by atomic mass is 16.3. The van der Waals surface area contributed by atoms with Gasteiger partial charge in [0.15, 0.2) is 12.1 Å². The van der Waals surface area contributed by atoms with Crippen LogP contribution in [0.4, 0.5) is 0 Å². The van der Waals surface area contributed by atoms with Crippen LogP contribution in [0.3, 0.4) is 0 Å². The van der Waals surface area contributed by atoms with Crippen molar-refractivity contribution < 1.29 is 14.7 Å². The standard InChI is InChI=1S/C32H30N4O3/c1-6-17-13(2)21-10-25-19(12-37)15(4)20(34-25)9-22-14(3)18-7-8-26(38)28-29(30(18)35-22)31-27(32(28)39)16(5)23(36-31)11-24(17)33-21/h9-12,14,18,35-36,38H,6-8H2,1-5H3/t14-,18-/m0/s1. The highest BCUT2D eigenvalue weighted by molar-refractivity contribution is 6.39. The number of hydrogen-bond acceptors (Lipinski definition) is 5. The molecule has 2 aromatic rings. The molecule has 0 spiro atoms. The van der Waals surface area contributed by atoms with Gasteiger partial charge in [-0.15, -0.1) is 0 Å². The van der Waals surface area contributed by atoms with E-state index < -0.39 is 0 Å². The average molecular weight is 519 g/mol. The molecule has 0 radical (unpaired) electrons. The van der Waals surface area contributed by atoms with Gasteiger partial charge in [-0.1, -0.05) is 13.8 Å². The molecule has 7 nitrogen and oxygen atoms in total. The Morgan fingerprint density at radius 2 is 1.74 bits per heavy atom. The molecule has 7 rings (SSSR count). The number of fused-ring (bicyclic) bond motifs is 6. The lowest BCUT2D eigenvalue weighted by Gasteiger charge is -2.15. The van der Waals surface area contributed by atoms with Crippen molar-refractivity contribution >= 4 is 51.0 Å². The number of nitrogens with zero attached hydrogens (tertiary/aromatic N) is 2. The zero-order valence-corrected chi connectivity index (χ0v) is 22.7. The molecule has 2 atom stereocenters. The minimum absolute atomic E-state index is 0.108. The molecule has 3 N–H and O–H groups in total. The molecule has 0 saturated carbocycles. The summed E-state index contributed by atoms with van der Waals surface area (Å²) in [5.41, 5.74) is 12.8. The molecule has 3 aliphatic heterocycles. The van der Waals surface area contributed by atoms with Crippen LogP contribution in [0.25, 0.3) is 38.9 Å². The number of aromatic nitrogens is 4. The summed E-state index contributed by atoms with van der Waals surface area (Å²) in [6, 6.07) is 5.97. The molecule has 39 heavy (non-hydrogen) atoms. The Morgan fingerprint density at radius 3 is 2.49 bits per heavy atom. The second-order valence-corrected chi connectivity index (χ2v) is 11.2. The molecule has 0 amide bonds. The smallest absolute Gasteiger partial charge is 0.199 e. The predicted molar refractivity (Wildman–Crippen MR) is 153 cm³/mol. The van der Waals surface area contributed by atoms with Crippen molar-refractivity contribution in [2.24, 2.45) is 0 Å². The Morgan fingerprint density at radius 1 is 1.00 bits per heavy atom. The molecule has 0 aromatic carbocycles. The summed E-state index contributed by atoms with van der Waals surface area (Å²) >= 11 is 0. The van der Waals surface area contributed by atoms with Crippen molar-refractivity contribution in [2.75, 3.05) is 0 Å². The maximum Gasteiger partial charge on any atom is 0.199 e. The van der Waals surface area contributed by atoms with E-state index in [1.807, 2.05) is 32.0 Å². The zero-order valence-electron chi connectivity index (χ0n) is 22.7. The fourth-order valence-electron chi connectivity index (χ4n) is 6.94. The van der Waals surface area contributed by atoms with Crippen LogP contribution in [0.1, 0.15) is 114 Å². The molecule has 5 heterocycles. The van der Waals surface area contributed by atoms with Crippen molar-refractivity contribution in [3.8, 4) is 0 Å². The fourth-order valence-corrected chi connectivity index (χ4v) is 6.94. The number of Topliss-reactive ketones (excluding diaryl/α,β-unsaturated/α-hetero) is 1. The van der Waals surface area contributed by atoms with Crippen molar-refractivity contribution in [1.82, 2.24) is 19.9 Å². The van der Waals surface area contributed by atoms with E-state index in [0.717, 1.165) is 86.5 Å². The summed E-state index contributed by atoms with van der Waals surface area (Å²) < 4.78 is 0. The Labute approximate surface area is 226 Å². The molecule has 2 aromatic heterocycles. The number of hydrogen-bond donors (Lipinski definition) is 3. The summed E-state index contributed by atoms with van der Waals surface area (Å²) in [7, 11) is 0. The molecule has 2 aliphatic carbocycles. The van der Waals surface area contributed by atoms with E-state index in [1.54, 1.807) is 0 Å². The lowest BCUT2D eigenvalue weighted by Crippen LogP contribution is -2.02. The van der Waals surface area contributed by atoms with Crippen molar-refractivity contribution in [2.45, 2.75) is 65.7 Å². The van der Waals surface area contributed by atoms with Gasteiger partial charge in [0.25, 0.3) is 0 Å². The Bertz CT molecular complexity index is 1840. The third-order valence-corrected chi connectivity index (χ3v) is 9.25. The van der Waals surface area contributed by atoms with Gasteiger partial charge in [0.1, 0.15) is 5.76 Å². The van der Waals surface area contributed by atoms with Gasteiger partial charge in [0, 0.05) is 46.3 Å². The Kier molecular flexibility index (Phi) is 4.96. The van der Waals surface area contributed by atoms with E-state index in [2.05, 4.69) is 30.7 Å². The highest BCUT2D eigenvalue weighted by Gasteiger charge is 2.41. The van der Waals surface area contributed by atoms with E-state index in [9.17, 15) is 14.7 Å². The quantitative estimate of drug-likeness (QED) is 0.372. The van der Waals surface area contributed by atoms with Crippen molar-refractivity contribution in [1.29, 1.82) is 0 Å². The molecule has 0 unspecified atom stereocenters. The average Bonchev–Trinajstić information content (AvgIpc) is 3.62. The fraction of sp³-hybridized carbons (Fsp3) is 0.312. The molecule has 196 valence electrons. The van der Waals surface area contributed by atoms with Crippen LogP contribution in [-0.4, -0.2) is 37.1 Å². The first-order valence-electron chi connectivity index (χ1n) is 13.6. The van der Waals surface area contributed by atoms with E-state index in [1.165, 1.54) is 0 Å². The number of aromatic amines is 2. The summed E-state index contributed by atoms with van der Waals surface area (Å²) in [5, 5.41) is 11.0. The maximum absolute atomic E-state index is 13.8. The van der Waals surface area contributed by atoms with Gasteiger partial charge in [-0.05, 0) is 74.1 Å². The van der Waals surface area contributed by atoms with Gasteiger partial charge >= 0.3 is 0 Å². The second-order valence-electron chi connectivity index (χ2n) is 11.2. The number of carbonyl (C=O) groups is 2. The van der Waals surface area contributed by atoms with Crippen LogP contribution in [0, 0.1) is 6.92 Å². The number of aliphatic hydroxyl groups excluding tert-OH is 1. The number of aryl methyl sites for hydroxylation is 1. The SMILES string of the molecule is CCC1=C(C)c2cc3nc(cc4[nH]c5c6c7[nH]c(cc1n2)c(C)c7C(=O)C6=C(O)CC[C@H]5[C@@H]4C)C(C)=C3C=O. The van der Waals surface area contributed by atoms with Gasteiger partial charge in [-0.2, -0.15) is 0 Å². The summed E-state index contributed by atoms with van der Waals surface area (Å²) in [5.74, 6) is 0.262. The molecule has 7 heteroatoms. The van der Waals surface area contributed by atoms with Crippen LogP contribution in [0.2, 0.25) is 0 Å². The normalized spacial score (nSPS) is 20.8. The van der Waals surface area contributed by atoms with Crippen LogP contribution in [0.5, 0.6) is 0 Å². The van der Waals surface area contributed by atoms with Gasteiger partial charge in [-0.3, -0.25) is 9.59 Å². The van der Waals surface area contributed by atoms with Crippen LogP contribution in [-0.2, 0) is 4.79 Å². The topological polar surface area (TPSA) is 112 Å². The number of carbonyl (C=O) groups excluding carboxylic acids is 2. The Balaban J connectivity index is 1.69. The number of allylic oxidation sites excluding steroid dienone is 6. The lowest BCUT2D eigenvalue weighted by atomic mass is 9.87. The summed E-state index contributed by atoms with van der Waals surface area (Å²) in [6.45, 7) is 10.2. The number of rotatable bonds is 2. The van der Waals surface area contributed by atoms with Gasteiger partial charge < -0.3 is 15.1 Å². The molecule has 0 fully saturated rings. The first-order valence-corrected chi connectivity index (χ1v) is 13.6. The third kappa shape index (κ3) is 3.10. The van der Waals surface area contributed by atoms with E-state index in [-0.39, 0.29) is 23.4 Å². The maximum atomic E-state index is 13.8. The van der Waals surface area contributed by atoms with Gasteiger partial charge in [-0.25, -0.2) is 9.97 Å². The number of H-pyrrole nitrogens is 2. The first-order chi connectivity index (χ1) is 18.7. The molecule has 8 bridgehead atoms. The number of nitrogens with one attached hydrogen (secondary N) is 2. The largest absolute Gasteiger partial charge is 0.512 e. The van der Waals surface area contributed by atoms with Crippen LogP contribution < -0.4 is 0 Å². The predicted octanol–water partition coefficient (Wildman–Crippen LogP) is 6.96. The molecular formula is C32H30N4O3.